The highest BCUT2D eigenvalue weighted by atomic mass is 16.5. The summed E-state index contributed by atoms with van der Waals surface area (Å²) in [5.74, 6) is 0.0189. The Morgan fingerprint density at radius 2 is 1.85 bits per heavy atom. The van der Waals surface area contributed by atoms with Crippen molar-refractivity contribution in [2.75, 3.05) is 19.0 Å². The van der Waals surface area contributed by atoms with Gasteiger partial charge < -0.3 is 14.8 Å². The van der Waals surface area contributed by atoms with Gasteiger partial charge in [-0.1, -0.05) is 6.07 Å². The Morgan fingerprint density at radius 3 is 2.50 bits per heavy atom. The van der Waals surface area contributed by atoms with E-state index in [0.717, 1.165) is 11.1 Å². The summed E-state index contributed by atoms with van der Waals surface area (Å²) >= 11 is 0. The van der Waals surface area contributed by atoms with Crippen LogP contribution in [0.15, 0.2) is 36.4 Å². The Hall–Kier alpha value is -3.53. The third kappa shape index (κ3) is 4.98. The minimum atomic E-state index is -0.645. The van der Waals surface area contributed by atoms with Gasteiger partial charge in [0.05, 0.1) is 18.7 Å². The van der Waals surface area contributed by atoms with Crippen molar-refractivity contribution in [3.8, 4) is 17.6 Å². The summed E-state index contributed by atoms with van der Waals surface area (Å²) in [5, 5.41) is 13.6. The summed E-state index contributed by atoms with van der Waals surface area (Å²) < 4.78 is 10.5. The number of imide groups is 1. The van der Waals surface area contributed by atoms with Crippen LogP contribution in [0.5, 0.6) is 11.5 Å². The molecule has 0 unspecified atom stereocenters. The number of anilines is 1. The summed E-state index contributed by atoms with van der Waals surface area (Å²) in [7, 11) is 1.43. The van der Waals surface area contributed by atoms with E-state index in [1.54, 1.807) is 12.1 Å². The number of methoxy groups -OCH3 is 1. The fourth-order valence-electron chi connectivity index (χ4n) is 2.14. The van der Waals surface area contributed by atoms with E-state index in [0.29, 0.717) is 22.7 Å². The smallest absolute Gasteiger partial charge is 0.325 e. The molecular weight excluding hydrogens is 334 g/mol. The second-order valence-electron chi connectivity index (χ2n) is 5.57. The molecule has 0 fully saturated rings. The van der Waals surface area contributed by atoms with Crippen molar-refractivity contribution in [1.82, 2.24) is 5.32 Å². The molecule has 2 rings (SSSR count). The first-order valence-corrected chi connectivity index (χ1v) is 7.82. The molecule has 2 aromatic carbocycles. The maximum absolute atomic E-state index is 11.9. The van der Waals surface area contributed by atoms with Gasteiger partial charge in [-0.25, -0.2) is 4.79 Å². The quantitative estimate of drug-likeness (QED) is 0.861. The molecule has 0 atom stereocenters. The third-order valence-electron chi connectivity index (χ3n) is 3.67. The van der Waals surface area contributed by atoms with E-state index in [4.69, 9.17) is 14.7 Å². The molecule has 0 heterocycles. The zero-order chi connectivity index (χ0) is 19.1. The molecule has 7 nitrogen and oxygen atoms in total. The van der Waals surface area contributed by atoms with E-state index in [-0.39, 0.29) is 6.61 Å². The van der Waals surface area contributed by atoms with E-state index in [2.05, 4.69) is 10.6 Å². The molecule has 0 saturated heterocycles. The Labute approximate surface area is 151 Å². The Morgan fingerprint density at radius 1 is 1.08 bits per heavy atom. The van der Waals surface area contributed by atoms with Crippen molar-refractivity contribution >= 4 is 17.6 Å². The van der Waals surface area contributed by atoms with Gasteiger partial charge in [0.1, 0.15) is 0 Å². The normalized spacial score (nSPS) is 9.77. The zero-order valence-corrected chi connectivity index (χ0v) is 14.8. The predicted octanol–water partition coefficient (Wildman–Crippen LogP) is 2.91. The number of amides is 3. The fourth-order valence-corrected chi connectivity index (χ4v) is 2.14. The van der Waals surface area contributed by atoms with Gasteiger partial charge in [-0.3, -0.25) is 10.1 Å². The van der Waals surface area contributed by atoms with Crippen molar-refractivity contribution < 1.29 is 19.1 Å². The molecule has 0 bridgehead atoms. The minimum absolute atomic E-state index is 0.302. The largest absolute Gasteiger partial charge is 0.493 e. The van der Waals surface area contributed by atoms with Gasteiger partial charge in [-0.15, -0.1) is 0 Å². The van der Waals surface area contributed by atoms with Crippen molar-refractivity contribution in [2.45, 2.75) is 13.8 Å². The topological polar surface area (TPSA) is 100 Å². The number of carbonyl (C=O) groups is 2. The molecule has 0 radical (unpaired) electrons. The number of nitriles is 1. The number of nitrogens with one attached hydrogen (secondary N) is 2. The highest BCUT2D eigenvalue weighted by Gasteiger charge is 2.11. The molecule has 0 spiro atoms. The molecule has 2 aromatic rings. The van der Waals surface area contributed by atoms with E-state index in [9.17, 15) is 9.59 Å². The van der Waals surface area contributed by atoms with E-state index in [1.807, 2.05) is 32.0 Å². The van der Waals surface area contributed by atoms with Gasteiger partial charge in [0, 0.05) is 11.8 Å². The number of carbonyl (C=O) groups excluding carboxylic acids is 2. The van der Waals surface area contributed by atoms with Gasteiger partial charge in [0.2, 0.25) is 0 Å². The monoisotopic (exact) mass is 353 g/mol. The van der Waals surface area contributed by atoms with Gasteiger partial charge in [0.15, 0.2) is 18.1 Å². The van der Waals surface area contributed by atoms with Gasteiger partial charge in [-0.2, -0.15) is 5.26 Å². The minimum Gasteiger partial charge on any atom is -0.493 e. The summed E-state index contributed by atoms with van der Waals surface area (Å²) in [6.07, 6.45) is 0. The lowest BCUT2D eigenvalue weighted by molar-refractivity contribution is -0.121. The average Bonchev–Trinajstić information content (AvgIpc) is 2.62. The number of benzene rings is 2. The molecule has 0 saturated carbocycles. The maximum Gasteiger partial charge on any atom is 0.325 e. The number of hydrogen-bond acceptors (Lipinski definition) is 5. The molecule has 134 valence electrons. The zero-order valence-electron chi connectivity index (χ0n) is 14.8. The van der Waals surface area contributed by atoms with Crippen LogP contribution in [0.1, 0.15) is 16.7 Å². The SMILES string of the molecule is COc1cc(C#N)ccc1OCC(=O)NC(=O)Nc1ccc(C)c(C)c1. The summed E-state index contributed by atoms with van der Waals surface area (Å²) in [5.41, 5.74) is 3.14. The Kier molecular flexibility index (Phi) is 6.17. The fraction of sp³-hybridized carbons (Fsp3) is 0.211. The molecule has 0 aromatic heterocycles. The second kappa shape index (κ2) is 8.53. The van der Waals surface area contributed by atoms with Gasteiger partial charge in [0.25, 0.3) is 5.91 Å². The van der Waals surface area contributed by atoms with Crippen LogP contribution in [0, 0.1) is 25.2 Å². The van der Waals surface area contributed by atoms with Gasteiger partial charge >= 0.3 is 6.03 Å². The molecule has 0 aliphatic rings. The van der Waals surface area contributed by atoms with Crippen LogP contribution in [0.4, 0.5) is 10.5 Å². The third-order valence-corrected chi connectivity index (χ3v) is 3.67. The molecule has 7 heteroatoms. The second-order valence-corrected chi connectivity index (χ2v) is 5.57. The van der Waals surface area contributed by atoms with Crippen molar-refractivity contribution in [3.63, 3.8) is 0 Å². The number of urea groups is 1. The summed E-state index contributed by atoms with van der Waals surface area (Å²) in [6.45, 7) is 3.53. The first-order valence-electron chi connectivity index (χ1n) is 7.82. The van der Waals surface area contributed by atoms with Crippen LogP contribution in [0.2, 0.25) is 0 Å². The van der Waals surface area contributed by atoms with E-state index < -0.39 is 11.9 Å². The van der Waals surface area contributed by atoms with Gasteiger partial charge in [-0.05, 0) is 49.2 Å². The average molecular weight is 353 g/mol. The molecular formula is C19H19N3O4. The lowest BCUT2D eigenvalue weighted by atomic mass is 10.1. The number of nitrogens with zero attached hydrogens (tertiary/aromatic N) is 1. The van der Waals surface area contributed by atoms with Crippen LogP contribution >= 0.6 is 0 Å². The van der Waals surface area contributed by atoms with E-state index >= 15 is 0 Å². The molecule has 0 aliphatic heterocycles. The highest BCUT2D eigenvalue weighted by molar-refractivity contribution is 6.01. The van der Waals surface area contributed by atoms with Crippen LogP contribution < -0.4 is 20.1 Å². The van der Waals surface area contributed by atoms with Crippen molar-refractivity contribution in [1.29, 1.82) is 5.26 Å². The molecule has 0 aliphatic carbocycles. The number of aryl methyl sites for hydroxylation is 2. The number of rotatable bonds is 5. The molecule has 2 N–H and O–H groups in total. The lowest BCUT2D eigenvalue weighted by Gasteiger charge is -2.11. The van der Waals surface area contributed by atoms with Crippen LogP contribution in [-0.2, 0) is 4.79 Å². The summed E-state index contributed by atoms with van der Waals surface area (Å²) in [4.78, 5) is 23.7. The first kappa shape index (κ1) is 18.8. The lowest BCUT2D eigenvalue weighted by Crippen LogP contribution is -2.37. The Bertz CT molecular complexity index is 872. The van der Waals surface area contributed by atoms with Crippen LogP contribution in [0.3, 0.4) is 0 Å². The van der Waals surface area contributed by atoms with Crippen molar-refractivity contribution in [2.24, 2.45) is 0 Å². The molecule has 26 heavy (non-hydrogen) atoms. The highest BCUT2D eigenvalue weighted by Crippen LogP contribution is 2.27. The number of hydrogen-bond donors (Lipinski definition) is 2. The summed E-state index contributed by atoms with van der Waals surface area (Å²) in [6, 6.07) is 11.4. The first-order chi connectivity index (χ1) is 12.4. The van der Waals surface area contributed by atoms with E-state index in [1.165, 1.54) is 19.2 Å². The standard InChI is InChI=1S/C19H19N3O4/c1-12-4-6-15(8-13(12)2)21-19(24)22-18(23)11-26-16-7-5-14(10-20)9-17(16)25-3/h4-9H,11H2,1-3H3,(H2,21,22,23,24). The Balaban J connectivity index is 1.89. The molecule has 3 amide bonds. The number of ether oxygens (including phenoxy) is 2. The van der Waals surface area contributed by atoms with Crippen molar-refractivity contribution in [3.05, 3.63) is 53.1 Å². The maximum atomic E-state index is 11.9. The van der Waals surface area contributed by atoms with Crippen LogP contribution in [-0.4, -0.2) is 25.7 Å². The predicted molar refractivity (Wildman–Crippen MR) is 96.3 cm³/mol. The van der Waals surface area contributed by atoms with Crippen LogP contribution in [0.25, 0.3) is 0 Å².